The summed E-state index contributed by atoms with van der Waals surface area (Å²) in [5.41, 5.74) is 1.90. The fourth-order valence-corrected chi connectivity index (χ4v) is 2.75. The minimum Gasteiger partial charge on any atom is -0.309 e. The molecule has 27 heavy (non-hydrogen) atoms. The van der Waals surface area contributed by atoms with E-state index in [1.54, 1.807) is 17.7 Å². The summed E-state index contributed by atoms with van der Waals surface area (Å²) in [6.07, 6.45) is 0. The molecule has 1 amide bonds. The Morgan fingerprint density at radius 2 is 1.89 bits per heavy atom. The molecule has 3 rings (SSSR count). The lowest BCUT2D eigenvalue weighted by Gasteiger charge is -2.15. The highest BCUT2D eigenvalue weighted by Gasteiger charge is 2.14. The van der Waals surface area contributed by atoms with Crippen LogP contribution in [-0.4, -0.2) is 22.2 Å². The number of benzene rings is 2. The van der Waals surface area contributed by atoms with Gasteiger partial charge in [0, 0.05) is 23.7 Å². The maximum absolute atomic E-state index is 13.8. The summed E-state index contributed by atoms with van der Waals surface area (Å²) in [4.78, 5) is 12.3. The second-order valence-electron chi connectivity index (χ2n) is 6.23. The fourth-order valence-electron chi connectivity index (χ4n) is 2.75. The summed E-state index contributed by atoms with van der Waals surface area (Å²) >= 11 is 0. The number of nitrogens with zero attached hydrogens (tertiary/aromatic N) is 2. The van der Waals surface area contributed by atoms with Crippen molar-refractivity contribution in [2.75, 3.05) is 11.9 Å². The zero-order chi connectivity index (χ0) is 19.4. The molecule has 0 radical (unpaired) electrons. The van der Waals surface area contributed by atoms with Gasteiger partial charge in [-0.05, 0) is 32.0 Å². The molecule has 1 aromatic heterocycles. The molecule has 0 saturated carbocycles. The number of hydrogen-bond donors (Lipinski definition) is 2. The van der Waals surface area contributed by atoms with E-state index < -0.39 is 17.7 Å². The number of rotatable bonds is 6. The average molecular weight is 370 g/mol. The topological polar surface area (TPSA) is 59.0 Å². The largest absolute Gasteiger partial charge is 0.309 e. The first-order chi connectivity index (χ1) is 12.9. The van der Waals surface area contributed by atoms with Crippen LogP contribution in [0.2, 0.25) is 0 Å². The van der Waals surface area contributed by atoms with Crippen molar-refractivity contribution in [1.82, 2.24) is 15.1 Å². The summed E-state index contributed by atoms with van der Waals surface area (Å²) in [7, 11) is 0. The van der Waals surface area contributed by atoms with E-state index in [0.29, 0.717) is 11.4 Å². The van der Waals surface area contributed by atoms with Crippen molar-refractivity contribution in [3.63, 3.8) is 0 Å². The highest BCUT2D eigenvalue weighted by atomic mass is 19.1. The van der Waals surface area contributed by atoms with Gasteiger partial charge in [0.1, 0.15) is 17.5 Å². The number of amides is 1. The van der Waals surface area contributed by atoms with Crippen LogP contribution in [0.3, 0.4) is 0 Å². The molecule has 0 bridgehead atoms. The Morgan fingerprint density at radius 1 is 1.15 bits per heavy atom. The maximum Gasteiger partial charge on any atom is 0.239 e. The van der Waals surface area contributed by atoms with E-state index in [1.807, 2.05) is 37.3 Å². The van der Waals surface area contributed by atoms with E-state index in [0.717, 1.165) is 17.4 Å². The molecule has 2 N–H and O–H groups in total. The minimum atomic E-state index is -0.645. The van der Waals surface area contributed by atoms with Crippen LogP contribution in [-0.2, 0) is 4.79 Å². The van der Waals surface area contributed by atoms with Gasteiger partial charge in [-0.3, -0.25) is 4.79 Å². The quantitative estimate of drug-likeness (QED) is 0.695. The number of nitrogens with one attached hydrogen (secondary N) is 2. The van der Waals surface area contributed by atoms with E-state index in [4.69, 9.17) is 0 Å². The molecule has 140 valence electrons. The van der Waals surface area contributed by atoms with Crippen LogP contribution in [0.5, 0.6) is 0 Å². The Labute approximate surface area is 156 Å². The first-order valence-corrected chi connectivity index (χ1v) is 8.54. The highest BCUT2D eigenvalue weighted by Crippen LogP contribution is 2.18. The van der Waals surface area contributed by atoms with Crippen LogP contribution in [0.25, 0.3) is 5.69 Å². The summed E-state index contributed by atoms with van der Waals surface area (Å²) in [5, 5.41) is 10.1. The second-order valence-corrected chi connectivity index (χ2v) is 6.23. The van der Waals surface area contributed by atoms with Gasteiger partial charge in [0.05, 0.1) is 17.9 Å². The van der Waals surface area contributed by atoms with Crippen molar-refractivity contribution >= 4 is 11.7 Å². The van der Waals surface area contributed by atoms with E-state index in [1.165, 1.54) is 12.1 Å². The smallest absolute Gasteiger partial charge is 0.239 e. The first kappa shape index (κ1) is 18.7. The lowest BCUT2D eigenvalue weighted by molar-refractivity contribution is -0.115. The van der Waals surface area contributed by atoms with Gasteiger partial charge in [-0.2, -0.15) is 5.10 Å². The van der Waals surface area contributed by atoms with Crippen LogP contribution >= 0.6 is 0 Å². The lowest BCUT2D eigenvalue weighted by atomic mass is 10.1. The number of halogens is 2. The molecule has 0 saturated heterocycles. The van der Waals surface area contributed by atoms with E-state index in [-0.39, 0.29) is 12.5 Å². The van der Waals surface area contributed by atoms with Gasteiger partial charge in [0.25, 0.3) is 0 Å². The number of carbonyl (C=O) groups is 1. The van der Waals surface area contributed by atoms with Crippen LogP contribution in [0.1, 0.15) is 24.2 Å². The first-order valence-electron chi connectivity index (χ1n) is 8.54. The van der Waals surface area contributed by atoms with Crippen molar-refractivity contribution in [2.24, 2.45) is 0 Å². The summed E-state index contributed by atoms with van der Waals surface area (Å²) in [6, 6.07) is 14.2. The van der Waals surface area contributed by atoms with Crippen molar-refractivity contribution in [1.29, 1.82) is 0 Å². The van der Waals surface area contributed by atoms with Crippen molar-refractivity contribution < 1.29 is 13.6 Å². The second kappa shape index (κ2) is 8.09. The van der Waals surface area contributed by atoms with Crippen molar-refractivity contribution in [3.8, 4) is 5.69 Å². The highest BCUT2D eigenvalue weighted by molar-refractivity contribution is 5.91. The zero-order valence-corrected chi connectivity index (χ0v) is 15.0. The zero-order valence-electron chi connectivity index (χ0n) is 15.0. The third-order valence-electron chi connectivity index (χ3n) is 4.10. The van der Waals surface area contributed by atoms with Crippen LogP contribution in [0.4, 0.5) is 14.6 Å². The van der Waals surface area contributed by atoms with Gasteiger partial charge in [0.15, 0.2) is 0 Å². The van der Waals surface area contributed by atoms with E-state index in [2.05, 4.69) is 15.7 Å². The summed E-state index contributed by atoms with van der Waals surface area (Å²) in [6.45, 7) is 3.52. The average Bonchev–Trinajstić information content (AvgIpc) is 3.00. The molecule has 7 heteroatoms. The predicted molar refractivity (Wildman–Crippen MR) is 99.7 cm³/mol. The Kier molecular flexibility index (Phi) is 5.61. The van der Waals surface area contributed by atoms with Gasteiger partial charge in [-0.1, -0.05) is 24.3 Å². The molecule has 1 unspecified atom stereocenters. The minimum absolute atomic E-state index is 0.0308. The number of anilines is 1. The van der Waals surface area contributed by atoms with Gasteiger partial charge >= 0.3 is 0 Å². The van der Waals surface area contributed by atoms with Crippen LogP contribution < -0.4 is 10.6 Å². The van der Waals surface area contributed by atoms with Gasteiger partial charge < -0.3 is 10.6 Å². The van der Waals surface area contributed by atoms with Crippen molar-refractivity contribution in [3.05, 3.63) is 77.5 Å². The number of aromatic nitrogens is 2. The number of carbonyl (C=O) groups excluding carboxylic acids is 1. The van der Waals surface area contributed by atoms with Crippen LogP contribution in [0.15, 0.2) is 54.6 Å². The van der Waals surface area contributed by atoms with Gasteiger partial charge in [-0.25, -0.2) is 13.5 Å². The molecular formula is C20H20F2N4O. The Balaban J connectivity index is 1.65. The summed E-state index contributed by atoms with van der Waals surface area (Å²) in [5.74, 6) is -1.02. The maximum atomic E-state index is 13.8. The van der Waals surface area contributed by atoms with Crippen LogP contribution in [0, 0.1) is 18.6 Å². The number of hydrogen-bond acceptors (Lipinski definition) is 3. The normalized spacial score (nSPS) is 12.0. The summed E-state index contributed by atoms with van der Waals surface area (Å²) < 4.78 is 28.5. The molecule has 0 spiro atoms. The Morgan fingerprint density at radius 3 is 2.59 bits per heavy atom. The lowest BCUT2D eigenvalue weighted by Crippen LogP contribution is -2.31. The molecule has 2 aromatic carbocycles. The molecule has 1 heterocycles. The predicted octanol–water partition coefficient (Wildman–Crippen LogP) is 3.75. The molecule has 3 aromatic rings. The SMILES string of the molecule is Cc1cc(NC(=O)CNC(C)c2ccc(F)cc2F)n(-c2ccccc2)n1. The molecule has 0 aliphatic carbocycles. The molecule has 5 nitrogen and oxygen atoms in total. The molecule has 0 aliphatic heterocycles. The third-order valence-corrected chi connectivity index (χ3v) is 4.10. The molecule has 0 fully saturated rings. The monoisotopic (exact) mass is 370 g/mol. The molecule has 1 atom stereocenters. The number of aryl methyl sites for hydroxylation is 1. The standard InChI is InChI=1S/C20H20F2N4O/c1-13-10-19(26(25-13)16-6-4-3-5-7-16)24-20(27)12-23-14(2)17-9-8-15(21)11-18(17)22/h3-11,14,23H,12H2,1-2H3,(H,24,27). The van der Waals surface area contributed by atoms with Gasteiger partial charge in [0.2, 0.25) is 5.91 Å². The van der Waals surface area contributed by atoms with Gasteiger partial charge in [-0.15, -0.1) is 0 Å². The van der Waals surface area contributed by atoms with Crippen molar-refractivity contribution in [2.45, 2.75) is 19.9 Å². The fraction of sp³-hybridized carbons (Fsp3) is 0.200. The van der Waals surface area contributed by atoms with E-state index >= 15 is 0 Å². The third kappa shape index (κ3) is 4.57. The Bertz CT molecular complexity index is 940. The molecule has 0 aliphatic rings. The number of para-hydroxylation sites is 1. The molecular weight excluding hydrogens is 350 g/mol. The Hall–Kier alpha value is -3.06. The van der Waals surface area contributed by atoms with E-state index in [9.17, 15) is 13.6 Å².